The molecule has 0 atom stereocenters. The summed E-state index contributed by atoms with van der Waals surface area (Å²) in [6.07, 6.45) is 1.48. The predicted octanol–water partition coefficient (Wildman–Crippen LogP) is 2.73. The Hall–Kier alpha value is -2.07. The van der Waals surface area contributed by atoms with Crippen LogP contribution in [-0.4, -0.2) is 24.3 Å². The van der Waals surface area contributed by atoms with Crippen LogP contribution in [0.4, 0.5) is 10.5 Å². The summed E-state index contributed by atoms with van der Waals surface area (Å²) in [6, 6.07) is 13.5. The minimum absolute atomic E-state index is 0.159. The van der Waals surface area contributed by atoms with E-state index in [2.05, 4.69) is 10.6 Å². The monoisotopic (exact) mass is 258 g/mol. The van der Waals surface area contributed by atoms with Crippen molar-refractivity contribution >= 4 is 22.5 Å². The van der Waals surface area contributed by atoms with Crippen LogP contribution < -0.4 is 10.6 Å². The molecule has 0 saturated carbocycles. The zero-order chi connectivity index (χ0) is 13.5. The number of urea groups is 1. The summed E-state index contributed by atoms with van der Waals surface area (Å²) in [4.78, 5) is 11.7. The lowest BCUT2D eigenvalue weighted by Gasteiger charge is -2.09. The van der Waals surface area contributed by atoms with E-state index in [1.807, 2.05) is 42.5 Å². The van der Waals surface area contributed by atoms with Gasteiger partial charge in [0, 0.05) is 18.5 Å². The smallest absolute Gasteiger partial charge is 0.319 e. The average Bonchev–Trinajstić information content (AvgIpc) is 2.44. The molecule has 3 N–H and O–H groups in total. The summed E-state index contributed by atoms with van der Waals surface area (Å²) in [5.41, 5.74) is 0.803. The van der Waals surface area contributed by atoms with Crippen LogP contribution in [0.15, 0.2) is 42.5 Å². The maximum atomic E-state index is 11.7. The molecule has 0 bridgehead atoms. The highest BCUT2D eigenvalue weighted by molar-refractivity contribution is 6.01. The number of anilines is 1. The van der Waals surface area contributed by atoms with E-state index in [0.29, 0.717) is 13.0 Å². The molecule has 2 aromatic carbocycles. The molecule has 0 unspecified atom stereocenters. The fourth-order valence-electron chi connectivity index (χ4n) is 1.94. The quantitative estimate of drug-likeness (QED) is 0.722. The Morgan fingerprint density at radius 3 is 2.68 bits per heavy atom. The molecule has 0 aliphatic carbocycles. The molecular weight excluding hydrogens is 240 g/mol. The van der Waals surface area contributed by atoms with Crippen LogP contribution in [0, 0.1) is 0 Å². The number of rotatable bonds is 5. The van der Waals surface area contributed by atoms with Crippen LogP contribution >= 0.6 is 0 Å². The third kappa shape index (κ3) is 3.69. The number of carbonyl (C=O) groups excluding carboxylic acids is 1. The second kappa shape index (κ2) is 6.75. The van der Waals surface area contributed by atoms with E-state index in [1.165, 1.54) is 0 Å². The van der Waals surface area contributed by atoms with Crippen molar-refractivity contribution in [2.75, 3.05) is 18.5 Å². The van der Waals surface area contributed by atoms with Crippen LogP contribution in [0.1, 0.15) is 12.8 Å². The summed E-state index contributed by atoms with van der Waals surface area (Å²) < 4.78 is 0. The lowest BCUT2D eigenvalue weighted by atomic mass is 10.1. The number of nitrogens with one attached hydrogen (secondary N) is 2. The molecule has 2 aromatic rings. The average molecular weight is 258 g/mol. The van der Waals surface area contributed by atoms with E-state index >= 15 is 0 Å². The summed E-state index contributed by atoms with van der Waals surface area (Å²) in [7, 11) is 0. The normalized spacial score (nSPS) is 10.4. The number of fused-ring (bicyclic) bond motifs is 1. The van der Waals surface area contributed by atoms with E-state index in [1.54, 1.807) is 0 Å². The van der Waals surface area contributed by atoms with Gasteiger partial charge >= 0.3 is 6.03 Å². The fraction of sp³-hybridized carbons (Fsp3) is 0.267. The number of hydrogen-bond acceptors (Lipinski definition) is 2. The standard InChI is InChI=1S/C15H18N2O2/c18-11-4-3-10-16-15(19)17-14-9-5-7-12-6-1-2-8-13(12)14/h1-2,5-9,18H,3-4,10-11H2,(H2,16,17,19). The number of aliphatic hydroxyl groups is 1. The lowest BCUT2D eigenvalue weighted by Crippen LogP contribution is -2.29. The van der Waals surface area contributed by atoms with Gasteiger partial charge in [-0.25, -0.2) is 4.79 Å². The SMILES string of the molecule is O=C(NCCCCO)Nc1cccc2ccccc12. The maximum Gasteiger partial charge on any atom is 0.319 e. The first kappa shape index (κ1) is 13.4. The Morgan fingerprint density at radius 1 is 1.05 bits per heavy atom. The lowest BCUT2D eigenvalue weighted by molar-refractivity contribution is 0.250. The second-order valence-corrected chi connectivity index (χ2v) is 4.34. The molecule has 4 nitrogen and oxygen atoms in total. The summed E-state index contributed by atoms with van der Waals surface area (Å²) in [5.74, 6) is 0. The Morgan fingerprint density at radius 2 is 1.84 bits per heavy atom. The largest absolute Gasteiger partial charge is 0.396 e. The van der Waals surface area contributed by atoms with E-state index < -0.39 is 0 Å². The summed E-state index contributed by atoms with van der Waals surface area (Å²) >= 11 is 0. The van der Waals surface area contributed by atoms with Crippen LogP contribution in [0.25, 0.3) is 10.8 Å². The van der Waals surface area contributed by atoms with Gasteiger partial charge in [-0.05, 0) is 24.3 Å². The van der Waals surface area contributed by atoms with Crippen molar-refractivity contribution in [1.29, 1.82) is 0 Å². The van der Waals surface area contributed by atoms with E-state index in [9.17, 15) is 4.79 Å². The summed E-state index contributed by atoms with van der Waals surface area (Å²) in [6.45, 7) is 0.726. The van der Waals surface area contributed by atoms with Gasteiger partial charge in [-0.1, -0.05) is 36.4 Å². The van der Waals surface area contributed by atoms with Crippen molar-refractivity contribution in [3.63, 3.8) is 0 Å². The van der Waals surface area contributed by atoms with Crippen molar-refractivity contribution in [2.45, 2.75) is 12.8 Å². The highest BCUT2D eigenvalue weighted by atomic mass is 16.3. The molecule has 4 heteroatoms. The third-order valence-electron chi connectivity index (χ3n) is 2.91. The number of hydrogen-bond donors (Lipinski definition) is 3. The van der Waals surface area contributed by atoms with Gasteiger partial charge in [0.05, 0.1) is 5.69 Å². The number of benzene rings is 2. The molecule has 0 heterocycles. The van der Waals surface area contributed by atoms with Gasteiger partial charge in [0.15, 0.2) is 0 Å². The minimum atomic E-state index is -0.214. The van der Waals surface area contributed by atoms with Crippen LogP contribution in [-0.2, 0) is 0 Å². The van der Waals surface area contributed by atoms with Crippen LogP contribution in [0.3, 0.4) is 0 Å². The zero-order valence-corrected chi connectivity index (χ0v) is 10.7. The fourth-order valence-corrected chi connectivity index (χ4v) is 1.94. The summed E-state index contributed by atoms with van der Waals surface area (Å²) in [5, 5.41) is 16.4. The highest BCUT2D eigenvalue weighted by Gasteiger charge is 2.04. The van der Waals surface area contributed by atoms with Crippen LogP contribution in [0.2, 0.25) is 0 Å². The first-order valence-corrected chi connectivity index (χ1v) is 6.45. The van der Waals surface area contributed by atoms with Gasteiger partial charge in [0.1, 0.15) is 0 Å². The molecule has 0 aromatic heterocycles. The molecule has 0 radical (unpaired) electrons. The minimum Gasteiger partial charge on any atom is -0.396 e. The number of amides is 2. The van der Waals surface area contributed by atoms with E-state index in [-0.39, 0.29) is 12.6 Å². The van der Waals surface area contributed by atoms with Gasteiger partial charge in [0.2, 0.25) is 0 Å². The molecule has 0 fully saturated rings. The molecule has 100 valence electrons. The zero-order valence-electron chi connectivity index (χ0n) is 10.7. The van der Waals surface area contributed by atoms with Crippen molar-refractivity contribution in [2.24, 2.45) is 0 Å². The van der Waals surface area contributed by atoms with E-state index in [4.69, 9.17) is 5.11 Å². The van der Waals surface area contributed by atoms with Crippen LogP contribution in [0.5, 0.6) is 0 Å². The van der Waals surface area contributed by atoms with Gasteiger partial charge < -0.3 is 15.7 Å². The van der Waals surface area contributed by atoms with Gasteiger partial charge in [-0.15, -0.1) is 0 Å². The molecule has 2 rings (SSSR count). The predicted molar refractivity (Wildman–Crippen MR) is 77.3 cm³/mol. The second-order valence-electron chi connectivity index (χ2n) is 4.34. The Balaban J connectivity index is 1.99. The maximum absolute atomic E-state index is 11.7. The van der Waals surface area contributed by atoms with Gasteiger partial charge in [-0.3, -0.25) is 0 Å². The van der Waals surface area contributed by atoms with Gasteiger partial charge in [-0.2, -0.15) is 0 Å². The molecule has 0 saturated heterocycles. The Bertz CT molecular complexity index is 549. The Labute approximate surface area is 112 Å². The van der Waals surface area contributed by atoms with Crippen molar-refractivity contribution < 1.29 is 9.90 Å². The topological polar surface area (TPSA) is 61.4 Å². The molecule has 0 spiro atoms. The highest BCUT2D eigenvalue weighted by Crippen LogP contribution is 2.22. The van der Waals surface area contributed by atoms with Gasteiger partial charge in [0.25, 0.3) is 0 Å². The third-order valence-corrected chi connectivity index (χ3v) is 2.91. The number of aliphatic hydroxyl groups excluding tert-OH is 1. The first-order valence-electron chi connectivity index (χ1n) is 6.45. The molecule has 19 heavy (non-hydrogen) atoms. The van der Waals surface area contributed by atoms with E-state index in [0.717, 1.165) is 22.9 Å². The first-order chi connectivity index (χ1) is 9.31. The van der Waals surface area contributed by atoms with Crippen molar-refractivity contribution in [3.05, 3.63) is 42.5 Å². The number of unbranched alkanes of at least 4 members (excludes halogenated alkanes) is 1. The number of carbonyl (C=O) groups is 1. The molecule has 2 amide bonds. The molecule has 0 aliphatic heterocycles. The molecule has 0 aliphatic rings. The Kier molecular flexibility index (Phi) is 4.75. The molecular formula is C15H18N2O2. The van der Waals surface area contributed by atoms with Crippen molar-refractivity contribution in [3.8, 4) is 0 Å². The van der Waals surface area contributed by atoms with Crippen molar-refractivity contribution in [1.82, 2.24) is 5.32 Å².